The maximum Gasteiger partial charge on any atom is 0.221 e. The van der Waals surface area contributed by atoms with Gasteiger partial charge in [-0.2, -0.15) is 11.8 Å². The van der Waals surface area contributed by atoms with E-state index in [1.54, 1.807) is 0 Å². The molecule has 1 heterocycles. The number of aromatic nitrogens is 2. The number of ether oxygens (including phenoxy) is 1. The third-order valence-electron chi connectivity index (χ3n) is 2.09. The molecule has 0 aliphatic heterocycles. The van der Waals surface area contributed by atoms with Crippen molar-refractivity contribution in [3.8, 4) is 5.88 Å². The minimum Gasteiger partial charge on any atom is -0.478 e. The summed E-state index contributed by atoms with van der Waals surface area (Å²) in [7, 11) is 0. The molecule has 1 aromatic rings. The molecule has 0 spiro atoms. The van der Waals surface area contributed by atoms with Crippen LogP contribution in [0.15, 0.2) is 19.0 Å². The second kappa shape index (κ2) is 7.95. The first-order chi connectivity index (χ1) is 8.29. The highest BCUT2D eigenvalue weighted by Crippen LogP contribution is 2.20. The highest BCUT2D eigenvalue weighted by atomic mass is 32.2. The standard InChI is InChI=1S/C12H19N3OS/c1-4-7-17-8-6-13-11-10(3)12(16-5-2)15-9-14-11/h4,9H,1,5-8H2,2-3H3,(H,13,14,15). The fraction of sp³-hybridized carbons (Fsp3) is 0.500. The molecule has 1 aromatic heterocycles. The zero-order valence-corrected chi connectivity index (χ0v) is 11.2. The second-order valence-electron chi connectivity index (χ2n) is 3.38. The minimum absolute atomic E-state index is 0.618. The first-order valence-electron chi connectivity index (χ1n) is 5.66. The highest BCUT2D eigenvalue weighted by molar-refractivity contribution is 7.99. The lowest BCUT2D eigenvalue weighted by atomic mass is 10.3. The summed E-state index contributed by atoms with van der Waals surface area (Å²) in [5, 5.41) is 3.28. The van der Waals surface area contributed by atoms with Crippen molar-refractivity contribution in [2.24, 2.45) is 0 Å². The van der Waals surface area contributed by atoms with E-state index in [2.05, 4.69) is 21.9 Å². The Morgan fingerprint density at radius 2 is 2.35 bits per heavy atom. The second-order valence-corrected chi connectivity index (χ2v) is 4.53. The van der Waals surface area contributed by atoms with E-state index in [1.165, 1.54) is 6.33 Å². The van der Waals surface area contributed by atoms with E-state index in [9.17, 15) is 0 Å². The molecule has 4 nitrogen and oxygen atoms in total. The van der Waals surface area contributed by atoms with Gasteiger partial charge in [-0.25, -0.2) is 9.97 Å². The van der Waals surface area contributed by atoms with Gasteiger partial charge in [0.15, 0.2) is 0 Å². The molecule has 0 fully saturated rings. The lowest BCUT2D eigenvalue weighted by Crippen LogP contribution is -2.09. The molecule has 5 heteroatoms. The van der Waals surface area contributed by atoms with Crippen LogP contribution < -0.4 is 10.1 Å². The first kappa shape index (κ1) is 13.8. The third kappa shape index (κ3) is 4.65. The van der Waals surface area contributed by atoms with Crippen LogP contribution in [0.4, 0.5) is 5.82 Å². The van der Waals surface area contributed by atoms with Crippen molar-refractivity contribution in [3.05, 3.63) is 24.5 Å². The molecule has 0 aromatic carbocycles. The zero-order chi connectivity index (χ0) is 12.5. The number of nitrogens with one attached hydrogen (secondary N) is 1. The Bertz CT molecular complexity index is 358. The van der Waals surface area contributed by atoms with Gasteiger partial charge in [0.2, 0.25) is 5.88 Å². The summed E-state index contributed by atoms with van der Waals surface area (Å²) in [6.07, 6.45) is 3.44. The number of rotatable bonds is 8. The molecule has 1 rings (SSSR count). The number of nitrogens with zero attached hydrogens (tertiary/aromatic N) is 2. The fourth-order valence-electron chi connectivity index (χ4n) is 1.30. The molecular formula is C12H19N3OS. The van der Waals surface area contributed by atoms with Crippen molar-refractivity contribution in [2.75, 3.05) is 30.0 Å². The average molecular weight is 253 g/mol. The normalized spacial score (nSPS) is 10.0. The zero-order valence-electron chi connectivity index (χ0n) is 10.4. The predicted molar refractivity (Wildman–Crippen MR) is 73.9 cm³/mol. The predicted octanol–water partition coefficient (Wildman–Crippen LogP) is 2.51. The lowest BCUT2D eigenvalue weighted by molar-refractivity contribution is 0.324. The molecule has 1 N–H and O–H groups in total. The quantitative estimate of drug-likeness (QED) is 0.570. The summed E-state index contributed by atoms with van der Waals surface area (Å²) >= 11 is 1.84. The van der Waals surface area contributed by atoms with Crippen LogP contribution in [0, 0.1) is 6.92 Å². The Kier molecular flexibility index (Phi) is 6.47. The van der Waals surface area contributed by atoms with Gasteiger partial charge >= 0.3 is 0 Å². The van der Waals surface area contributed by atoms with Crippen molar-refractivity contribution < 1.29 is 4.74 Å². The molecular weight excluding hydrogens is 234 g/mol. The van der Waals surface area contributed by atoms with Crippen LogP contribution in [0.5, 0.6) is 5.88 Å². The monoisotopic (exact) mass is 253 g/mol. The van der Waals surface area contributed by atoms with Gasteiger partial charge in [0.1, 0.15) is 12.1 Å². The van der Waals surface area contributed by atoms with Gasteiger partial charge in [0.25, 0.3) is 0 Å². The van der Waals surface area contributed by atoms with Gasteiger partial charge in [-0.3, -0.25) is 0 Å². The summed E-state index contributed by atoms with van der Waals surface area (Å²) < 4.78 is 5.41. The number of hydrogen-bond acceptors (Lipinski definition) is 5. The van der Waals surface area contributed by atoms with Crippen LogP contribution in [-0.4, -0.2) is 34.6 Å². The summed E-state index contributed by atoms with van der Waals surface area (Å²) in [6, 6.07) is 0. The molecule has 0 saturated heterocycles. The first-order valence-corrected chi connectivity index (χ1v) is 6.82. The van der Waals surface area contributed by atoms with Crippen molar-refractivity contribution in [2.45, 2.75) is 13.8 Å². The van der Waals surface area contributed by atoms with Gasteiger partial charge in [0, 0.05) is 18.1 Å². The van der Waals surface area contributed by atoms with Gasteiger partial charge in [0.05, 0.1) is 12.2 Å². The maximum absolute atomic E-state index is 5.41. The SMILES string of the molecule is C=CCSCCNc1ncnc(OCC)c1C. The largest absolute Gasteiger partial charge is 0.478 e. The molecule has 0 aliphatic rings. The van der Waals surface area contributed by atoms with Crippen molar-refractivity contribution >= 4 is 17.6 Å². The van der Waals surface area contributed by atoms with Crippen molar-refractivity contribution in [1.29, 1.82) is 0 Å². The van der Waals surface area contributed by atoms with Crippen LogP contribution in [0.3, 0.4) is 0 Å². The molecule has 0 amide bonds. The molecule has 0 radical (unpaired) electrons. The van der Waals surface area contributed by atoms with E-state index in [1.807, 2.05) is 31.7 Å². The lowest BCUT2D eigenvalue weighted by Gasteiger charge is -2.10. The summed E-state index contributed by atoms with van der Waals surface area (Å²) in [5.41, 5.74) is 0.961. The summed E-state index contributed by atoms with van der Waals surface area (Å²) in [4.78, 5) is 8.30. The Hall–Kier alpha value is -1.23. The maximum atomic E-state index is 5.41. The molecule has 0 aliphatic carbocycles. The molecule has 0 bridgehead atoms. The Balaban J connectivity index is 2.47. The van der Waals surface area contributed by atoms with Gasteiger partial charge in [-0.15, -0.1) is 6.58 Å². The minimum atomic E-state index is 0.618. The topological polar surface area (TPSA) is 47.0 Å². The molecule has 17 heavy (non-hydrogen) atoms. The molecule has 94 valence electrons. The van der Waals surface area contributed by atoms with Gasteiger partial charge < -0.3 is 10.1 Å². The van der Waals surface area contributed by atoms with E-state index >= 15 is 0 Å². The Morgan fingerprint density at radius 1 is 1.53 bits per heavy atom. The van der Waals surface area contributed by atoms with E-state index in [4.69, 9.17) is 4.74 Å². The van der Waals surface area contributed by atoms with Gasteiger partial charge in [-0.1, -0.05) is 6.08 Å². The van der Waals surface area contributed by atoms with E-state index < -0.39 is 0 Å². The van der Waals surface area contributed by atoms with Crippen LogP contribution in [0.25, 0.3) is 0 Å². The molecule has 0 atom stereocenters. The van der Waals surface area contributed by atoms with E-state index in [0.717, 1.165) is 29.4 Å². The Morgan fingerprint density at radius 3 is 3.06 bits per heavy atom. The number of hydrogen-bond donors (Lipinski definition) is 1. The van der Waals surface area contributed by atoms with Crippen LogP contribution >= 0.6 is 11.8 Å². The molecule has 0 unspecified atom stereocenters. The van der Waals surface area contributed by atoms with Crippen LogP contribution in [0.2, 0.25) is 0 Å². The highest BCUT2D eigenvalue weighted by Gasteiger charge is 2.06. The van der Waals surface area contributed by atoms with Crippen LogP contribution in [-0.2, 0) is 0 Å². The number of anilines is 1. The molecule has 0 saturated carbocycles. The van der Waals surface area contributed by atoms with Crippen molar-refractivity contribution in [1.82, 2.24) is 9.97 Å². The smallest absolute Gasteiger partial charge is 0.221 e. The summed E-state index contributed by atoms with van der Waals surface area (Å²) in [5.74, 6) is 3.51. The van der Waals surface area contributed by atoms with Gasteiger partial charge in [-0.05, 0) is 13.8 Å². The Labute approximate surface area is 107 Å². The average Bonchev–Trinajstić information content (AvgIpc) is 2.33. The fourth-order valence-corrected chi connectivity index (χ4v) is 1.88. The van der Waals surface area contributed by atoms with Crippen molar-refractivity contribution in [3.63, 3.8) is 0 Å². The van der Waals surface area contributed by atoms with Crippen LogP contribution in [0.1, 0.15) is 12.5 Å². The third-order valence-corrected chi connectivity index (χ3v) is 3.06. The number of thioether (sulfide) groups is 1. The summed E-state index contributed by atoms with van der Waals surface area (Å²) in [6.45, 7) is 9.09. The van der Waals surface area contributed by atoms with E-state index in [-0.39, 0.29) is 0 Å². The van der Waals surface area contributed by atoms with E-state index in [0.29, 0.717) is 12.5 Å².